The highest BCUT2D eigenvalue weighted by molar-refractivity contribution is 6.09. The Kier molecular flexibility index (Phi) is 5.75. The largest absolute Gasteiger partial charge is 0.360 e. The number of anilines is 1. The Labute approximate surface area is 163 Å². The zero-order valence-corrected chi connectivity index (χ0v) is 16.0. The highest BCUT2D eigenvalue weighted by Gasteiger charge is 2.13. The number of amides is 2. The van der Waals surface area contributed by atoms with Crippen molar-refractivity contribution >= 4 is 39.3 Å². The fraction of sp³-hybridized carbons (Fsp3) is 0.227. The summed E-state index contributed by atoms with van der Waals surface area (Å²) >= 11 is 0. The van der Waals surface area contributed by atoms with Crippen LogP contribution >= 0.6 is 0 Å². The highest BCUT2D eigenvalue weighted by atomic mass is 16.2. The smallest absolute Gasteiger partial charge is 0.269 e. The third-order valence-electron chi connectivity index (χ3n) is 4.57. The number of aromatic nitrogens is 1. The van der Waals surface area contributed by atoms with Gasteiger partial charge in [-0.3, -0.25) is 14.9 Å². The topological polar surface area (TPSA) is 86.9 Å². The predicted octanol–water partition coefficient (Wildman–Crippen LogP) is 4.08. The number of carbonyl (C=O) groups excluding carboxylic acids is 2. The zero-order chi connectivity index (χ0) is 20.1. The van der Waals surface area contributed by atoms with Crippen LogP contribution in [0.3, 0.4) is 0 Å². The molecule has 3 rings (SSSR count). The summed E-state index contributed by atoms with van der Waals surface area (Å²) in [4.78, 5) is 23.6. The van der Waals surface area contributed by atoms with E-state index >= 15 is 0 Å². The molecule has 0 atom stereocenters. The van der Waals surface area contributed by atoms with Crippen LogP contribution < -0.4 is 10.6 Å². The summed E-state index contributed by atoms with van der Waals surface area (Å²) in [5, 5.41) is 16.7. The molecule has 0 bridgehead atoms. The first-order chi connectivity index (χ1) is 13.6. The number of hydrogen-bond donors (Lipinski definition) is 2. The van der Waals surface area contributed by atoms with E-state index in [1.807, 2.05) is 43.3 Å². The number of carbonyl (C=O) groups is 2. The molecule has 0 saturated carbocycles. The van der Waals surface area contributed by atoms with Crippen LogP contribution in [0.1, 0.15) is 26.7 Å². The molecule has 0 aliphatic heterocycles. The van der Waals surface area contributed by atoms with Crippen molar-refractivity contribution in [3.05, 3.63) is 54.2 Å². The first-order valence-electron chi connectivity index (χ1n) is 9.31. The lowest BCUT2D eigenvalue weighted by Gasteiger charge is -2.05. The monoisotopic (exact) mass is 374 g/mol. The van der Waals surface area contributed by atoms with E-state index in [9.17, 15) is 14.9 Å². The molecule has 6 heteroatoms. The number of nitrogens with one attached hydrogen (secondary N) is 2. The summed E-state index contributed by atoms with van der Waals surface area (Å²) < 4.78 is 2.25. The number of benzene rings is 2. The molecule has 6 nitrogen and oxygen atoms in total. The van der Waals surface area contributed by atoms with Crippen LogP contribution in [0, 0.1) is 11.3 Å². The molecule has 0 saturated heterocycles. The van der Waals surface area contributed by atoms with E-state index in [-0.39, 0.29) is 17.9 Å². The lowest BCUT2D eigenvalue weighted by atomic mass is 10.1. The molecule has 1 heterocycles. The van der Waals surface area contributed by atoms with Crippen molar-refractivity contribution in [1.29, 1.82) is 5.26 Å². The van der Waals surface area contributed by atoms with Crippen LogP contribution in [-0.4, -0.2) is 16.4 Å². The standard InChI is InChI=1S/C22H22N4O2/c1-3-7-21(27)25-22(28)15(13-23)14-24-16-10-11-20-18(12-16)17-8-5-6-9-19(17)26(20)4-2/h5-6,8-12,14,24H,3-4,7H2,1-2H3,(H,25,27,28). The summed E-state index contributed by atoms with van der Waals surface area (Å²) in [6, 6.07) is 15.9. The Bertz CT molecular complexity index is 1120. The molecular weight excluding hydrogens is 352 g/mol. The molecule has 2 N–H and O–H groups in total. The zero-order valence-electron chi connectivity index (χ0n) is 16.0. The summed E-state index contributed by atoms with van der Waals surface area (Å²) in [6.07, 6.45) is 2.21. The molecule has 0 aliphatic rings. The van der Waals surface area contributed by atoms with Crippen molar-refractivity contribution in [3.63, 3.8) is 0 Å². The predicted molar refractivity (Wildman–Crippen MR) is 110 cm³/mol. The Morgan fingerprint density at radius 3 is 2.57 bits per heavy atom. The minimum absolute atomic E-state index is 0.152. The van der Waals surface area contributed by atoms with Crippen molar-refractivity contribution in [2.24, 2.45) is 0 Å². The molecule has 0 spiro atoms. The summed E-state index contributed by atoms with van der Waals surface area (Å²) in [7, 11) is 0. The van der Waals surface area contributed by atoms with Crippen molar-refractivity contribution in [1.82, 2.24) is 9.88 Å². The number of nitrogens with zero attached hydrogens (tertiary/aromatic N) is 2. The summed E-state index contributed by atoms with van der Waals surface area (Å²) in [5.41, 5.74) is 2.90. The number of para-hydroxylation sites is 1. The Morgan fingerprint density at radius 2 is 1.86 bits per heavy atom. The van der Waals surface area contributed by atoms with Gasteiger partial charge in [0.25, 0.3) is 5.91 Å². The van der Waals surface area contributed by atoms with Crippen LogP contribution in [0.15, 0.2) is 54.2 Å². The molecular formula is C22H22N4O2. The quantitative estimate of drug-likeness (QED) is 0.503. The van der Waals surface area contributed by atoms with Crippen LogP contribution in [0.5, 0.6) is 0 Å². The SMILES string of the molecule is CCCC(=O)NC(=O)C(C#N)=CNc1ccc2c(c1)c1ccccc1n2CC. The molecule has 0 fully saturated rings. The highest BCUT2D eigenvalue weighted by Crippen LogP contribution is 2.30. The van der Waals surface area contributed by atoms with E-state index in [0.29, 0.717) is 6.42 Å². The van der Waals surface area contributed by atoms with E-state index in [1.54, 1.807) is 0 Å². The number of nitriles is 1. The molecule has 28 heavy (non-hydrogen) atoms. The third-order valence-corrected chi connectivity index (χ3v) is 4.57. The first kappa shape index (κ1) is 19.2. The molecule has 0 unspecified atom stereocenters. The maximum absolute atomic E-state index is 12.0. The average Bonchev–Trinajstić information content (AvgIpc) is 3.01. The minimum Gasteiger partial charge on any atom is -0.360 e. The van der Waals surface area contributed by atoms with Crippen molar-refractivity contribution in [3.8, 4) is 6.07 Å². The van der Waals surface area contributed by atoms with Crippen LogP contribution in [0.2, 0.25) is 0 Å². The van der Waals surface area contributed by atoms with Crippen LogP contribution in [0.4, 0.5) is 5.69 Å². The number of hydrogen-bond acceptors (Lipinski definition) is 4. The lowest BCUT2D eigenvalue weighted by Crippen LogP contribution is -2.31. The second kappa shape index (κ2) is 8.40. The summed E-state index contributed by atoms with van der Waals surface area (Å²) in [5.74, 6) is -1.08. The van der Waals surface area contributed by atoms with Gasteiger partial charge < -0.3 is 9.88 Å². The van der Waals surface area contributed by atoms with E-state index in [4.69, 9.17) is 0 Å². The number of fused-ring (bicyclic) bond motifs is 3. The lowest BCUT2D eigenvalue weighted by molar-refractivity contribution is -0.128. The molecule has 0 aliphatic carbocycles. The van der Waals surface area contributed by atoms with Gasteiger partial charge in [0.05, 0.1) is 0 Å². The van der Waals surface area contributed by atoms with Crippen LogP contribution in [-0.2, 0) is 16.1 Å². The van der Waals surface area contributed by atoms with E-state index in [2.05, 4.69) is 34.3 Å². The van der Waals surface area contributed by atoms with Gasteiger partial charge in [0.1, 0.15) is 11.6 Å². The number of aryl methyl sites for hydroxylation is 1. The van der Waals surface area contributed by atoms with Gasteiger partial charge in [-0.2, -0.15) is 5.26 Å². The fourth-order valence-electron chi connectivity index (χ4n) is 3.27. The average molecular weight is 374 g/mol. The molecule has 2 amide bonds. The molecule has 142 valence electrons. The van der Waals surface area contributed by atoms with Crippen molar-refractivity contribution in [2.45, 2.75) is 33.2 Å². The van der Waals surface area contributed by atoms with Crippen molar-refractivity contribution < 1.29 is 9.59 Å². The maximum Gasteiger partial charge on any atom is 0.269 e. The Morgan fingerprint density at radius 1 is 1.11 bits per heavy atom. The van der Waals surface area contributed by atoms with E-state index < -0.39 is 5.91 Å². The molecule has 1 aromatic heterocycles. The van der Waals surface area contributed by atoms with Gasteiger partial charge in [0.2, 0.25) is 5.91 Å². The second-order valence-corrected chi connectivity index (χ2v) is 6.43. The molecule has 2 aromatic carbocycles. The maximum atomic E-state index is 12.0. The normalized spacial score (nSPS) is 11.4. The molecule has 0 radical (unpaired) electrons. The van der Waals surface area contributed by atoms with Crippen molar-refractivity contribution in [2.75, 3.05) is 5.32 Å². The third kappa shape index (κ3) is 3.74. The van der Waals surface area contributed by atoms with Gasteiger partial charge in [-0.25, -0.2) is 0 Å². The van der Waals surface area contributed by atoms with Gasteiger partial charge in [-0.15, -0.1) is 0 Å². The second-order valence-electron chi connectivity index (χ2n) is 6.43. The Balaban J connectivity index is 1.89. The fourth-order valence-corrected chi connectivity index (χ4v) is 3.27. The molecule has 3 aromatic rings. The van der Waals surface area contributed by atoms with E-state index in [0.717, 1.165) is 28.5 Å². The van der Waals surface area contributed by atoms with Crippen LogP contribution in [0.25, 0.3) is 21.8 Å². The first-order valence-corrected chi connectivity index (χ1v) is 9.31. The number of imide groups is 1. The van der Waals surface area contributed by atoms with Gasteiger partial charge >= 0.3 is 0 Å². The van der Waals surface area contributed by atoms with Gasteiger partial charge in [-0.05, 0) is 37.6 Å². The Hall–Kier alpha value is -3.59. The van der Waals surface area contributed by atoms with Gasteiger partial charge in [-0.1, -0.05) is 25.1 Å². The number of rotatable bonds is 6. The van der Waals surface area contributed by atoms with Gasteiger partial charge in [0, 0.05) is 46.7 Å². The van der Waals surface area contributed by atoms with E-state index in [1.165, 1.54) is 11.7 Å². The van der Waals surface area contributed by atoms with Gasteiger partial charge in [0.15, 0.2) is 0 Å². The summed E-state index contributed by atoms with van der Waals surface area (Å²) in [6.45, 7) is 4.82. The minimum atomic E-state index is -0.697.